The molecule has 0 saturated carbocycles. The van der Waals surface area contributed by atoms with Gasteiger partial charge in [-0.2, -0.15) is 0 Å². The Morgan fingerprint density at radius 3 is 2.71 bits per heavy atom. The highest BCUT2D eigenvalue weighted by molar-refractivity contribution is 5.58. The average molecular weight is 234 g/mol. The van der Waals surface area contributed by atoms with Crippen LogP contribution in [0.2, 0.25) is 0 Å². The van der Waals surface area contributed by atoms with E-state index in [1.165, 1.54) is 12.0 Å². The Balaban J connectivity index is 2.37. The van der Waals surface area contributed by atoms with Crippen LogP contribution in [0, 0.1) is 12.8 Å². The number of nitrogens with zero attached hydrogens (tertiary/aromatic N) is 3. The van der Waals surface area contributed by atoms with Crippen LogP contribution in [0.1, 0.15) is 31.7 Å². The van der Waals surface area contributed by atoms with Gasteiger partial charge in [-0.05, 0) is 19.3 Å². The van der Waals surface area contributed by atoms with Gasteiger partial charge >= 0.3 is 0 Å². The van der Waals surface area contributed by atoms with Crippen molar-refractivity contribution in [1.82, 2.24) is 9.97 Å². The van der Waals surface area contributed by atoms with Gasteiger partial charge in [0.15, 0.2) is 0 Å². The summed E-state index contributed by atoms with van der Waals surface area (Å²) >= 11 is 0. The van der Waals surface area contributed by atoms with E-state index in [-0.39, 0.29) is 0 Å². The molecule has 1 N–H and O–H groups in total. The molecule has 1 saturated heterocycles. The maximum Gasteiger partial charge on any atom is 0.137 e. The van der Waals surface area contributed by atoms with E-state index < -0.39 is 0 Å². The van der Waals surface area contributed by atoms with Crippen LogP contribution in [0.4, 0.5) is 11.6 Å². The minimum Gasteiger partial charge on any atom is -0.373 e. The largest absolute Gasteiger partial charge is 0.373 e. The molecule has 4 nitrogen and oxygen atoms in total. The third-order valence-electron chi connectivity index (χ3n) is 3.44. The van der Waals surface area contributed by atoms with Gasteiger partial charge in [-0.3, -0.25) is 0 Å². The fourth-order valence-corrected chi connectivity index (χ4v) is 2.39. The van der Waals surface area contributed by atoms with Crippen molar-refractivity contribution in [3.05, 3.63) is 11.4 Å². The molecule has 1 aromatic heterocycles. The first-order chi connectivity index (χ1) is 8.15. The van der Waals surface area contributed by atoms with Gasteiger partial charge in [0, 0.05) is 32.1 Å². The van der Waals surface area contributed by atoms with Gasteiger partial charge in [0.25, 0.3) is 0 Å². The Labute approximate surface area is 103 Å². The normalized spacial score (nSPS) is 19.8. The van der Waals surface area contributed by atoms with Gasteiger partial charge in [0.1, 0.15) is 17.5 Å². The van der Waals surface area contributed by atoms with Crippen LogP contribution in [0.5, 0.6) is 0 Å². The molecule has 2 heterocycles. The van der Waals surface area contributed by atoms with Crippen LogP contribution in [-0.4, -0.2) is 30.1 Å². The number of aromatic nitrogens is 2. The lowest BCUT2D eigenvalue weighted by Gasteiger charge is -2.21. The van der Waals surface area contributed by atoms with Crippen LogP contribution in [0.3, 0.4) is 0 Å². The Kier molecular flexibility index (Phi) is 3.50. The highest BCUT2D eigenvalue weighted by Gasteiger charge is 2.23. The van der Waals surface area contributed by atoms with E-state index in [0.29, 0.717) is 0 Å². The van der Waals surface area contributed by atoms with Crippen molar-refractivity contribution >= 4 is 11.6 Å². The summed E-state index contributed by atoms with van der Waals surface area (Å²) in [6.45, 7) is 8.73. The molecule has 0 aromatic carbocycles. The average Bonchev–Trinajstić information content (AvgIpc) is 2.76. The maximum absolute atomic E-state index is 4.69. The van der Waals surface area contributed by atoms with E-state index in [0.717, 1.165) is 42.9 Å². The maximum atomic E-state index is 4.69. The zero-order chi connectivity index (χ0) is 12.4. The van der Waals surface area contributed by atoms with E-state index >= 15 is 0 Å². The van der Waals surface area contributed by atoms with Crippen LogP contribution in [0.15, 0.2) is 0 Å². The molecule has 1 aliphatic heterocycles. The van der Waals surface area contributed by atoms with Crippen molar-refractivity contribution in [3.63, 3.8) is 0 Å². The molecule has 2 rings (SSSR count). The minimum atomic E-state index is 0.771. The van der Waals surface area contributed by atoms with Gasteiger partial charge in [-0.1, -0.05) is 13.8 Å². The lowest BCUT2D eigenvalue weighted by atomic mass is 10.2. The molecule has 4 heteroatoms. The van der Waals surface area contributed by atoms with Crippen molar-refractivity contribution in [1.29, 1.82) is 0 Å². The lowest BCUT2D eigenvalue weighted by Crippen LogP contribution is -2.23. The van der Waals surface area contributed by atoms with Crippen LogP contribution < -0.4 is 10.2 Å². The summed E-state index contributed by atoms with van der Waals surface area (Å²) in [5.74, 6) is 3.78. The monoisotopic (exact) mass is 234 g/mol. The zero-order valence-corrected chi connectivity index (χ0v) is 11.2. The number of aryl methyl sites for hydroxylation is 1. The summed E-state index contributed by atoms with van der Waals surface area (Å²) in [6.07, 6.45) is 2.14. The Hall–Kier alpha value is -1.32. The van der Waals surface area contributed by atoms with Crippen molar-refractivity contribution < 1.29 is 0 Å². The fourth-order valence-electron chi connectivity index (χ4n) is 2.39. The molecule has 0 radical (unpaired) electrons. The van der Waals surface area contributed by atoms with Crippen LogP contribution in [0.25, 0.3) is 0 Å². The number of nitrogens with one attached hydrogen (secondary N) is 1. The summed E-state index contributed by atoms with van der Waals surface area (Å²) in [4.78, 5) is 11.6. The predicted octanol–water partition coefficient (Wildman–Crippen LogP) is 2.24. The zero-order valence-electron chi connectivity index (χ0n) is 11.2. The van der Waals surface area contributed by atoms with Gasteiger partial charge in [0.05, 0.1) is 0 Å². The smallest absolute Gasteiger partial charge is 0.137 e. The van der Waals surface area contributed by atoms with E-state index in [1.807, 2.05) is 7.05 Å². The lowest BCUT2D eigenvalue weighted by molar-refractivity contribution is 0.658. The molecular formula is C13H22N4. The fraction of sp³-hybridized carbons (Fsp3) is 0.692. The van der Waals surface area contributed by atoms with E-state index in [9.17, 15) is 0 Å². The van der Waals surface area contributed by atoms with Crippen molar-refractivity contribution in [2.24, 2.45) is 5.92 Å². The molecule has 0 spiro atoms. The first-order valence-corrected chi connectivity index (χ1v) is 6.45. The number of anilines is 2. The second-order valence-corrected chi connectivity index (χ2v) is 4.88. The minimum absolute atomic E-state index is 0.771. The molecule has 0 aliphatic carbocycles. The van der Waals surface area contributed by atoms with Gasteiger partial charge in [0.2, 0.25) is 0 Å². The Morgan fingerprint density at radius 1 is 1.41 bits per heavy atom. The Morgan fingerprint density at radius 2 is 2.18 bits per heavy atom. The summed E-state index contributed by atoms with van der Waals surface area (Å²) in [7, 11) is 1.92. The van der Waals surface area contributed by atoms with Crippen molar-refractivity contribution in [2.45, 2.75) is 33.6 Å². The summed E-state index contributed by atoms with van der Waals surface area (Å²) < 4.78 is 0. The molecule has 17 heavy (non-hydrogen) atoms. The number of hydrogen-bond donors (Lipinski definition) is 1. The highest BCUT2D eigenvalue weighted by atomic mass is 15.2. The van der Waals surface area contributed by atoms with E-state index in [2.05, 4.69) is 36.0 Å². The van der Waals surface area contributed by atoms with Gasteiger partial charge in [-0.15, -0.1) is 0 Å². The van der Waals surface area contributed by atoms with Gasteiger partial charge < -0.3 is 10.2 Å². The first kappa shape index (κ1) is 12.1. The first-order valence-electron chi connectivity index (χ1n) is 6.45. The van der Waals surface area contributed by atoms with Crippen LogP contribution in [-0.2, 0) is 6.42 Å². The molecule has 1 aromatic rings. The Bertz CT molecular complexity index is 403. The molecule has 1 aliphatic rings. The number of hydrogen-bond acceptors (Lipinski definition) is 4. The summed E-state index contributed by atoms with van der Waals surface area (Å²) in [5.41, 5.74) is 1.17. The third-order valence-corrected chi connectivity index (χ3v) is 3.44. The number of rotatable bonds is 3. The molecular weight excluding hydrogens is 212 g/mol. The van der Waals surface area contributed by atoms with Crippen molar-refractivity contribution in [3.8, 4) is 0 Å². The summed E-state index contributed by atoms with van der Waals surface area (Å²) in [6, 6.07) is 0. The highest BCUT2D eigenvalue weighted by Crippen LogP contribution is 2.28. The second-order valence-electron chi connectivity index (χ2n) is 4.88. The second kappa shape index (κ2) is 4.90. The van der Waals surface area contributed by atoms with E-state index in [1.54, 1.807) is 0 Å². The third kappa shape index (κ3) is 2.35. The quantitative estimate of drug-likeness (QED) is 0.871. The summed E-state index contributed by atoms with van der Waals surface area (Å²) in [5, 5.41) is 3.17. The topological polar surface area (TPSA) is 41.1 Å². The molecule has 1 fully saturated rings. The predicted molar refractivity (Wildman–Crippen MR) is 71.7 cm³/mol. The molecule has 1 atom stereocenters. The molecule has 0 bridgehead atoms. The molecule has 0 amide bonds. The van der Waals surface area contributed by atoms with Crippen LogP contribution >= 0.6 is 0 Å². The molecule has 1 unspecified atom stereocenters. The van der Waals surface area contributed by atoms with Gasteiger partial charge in [-0.25, -0.2) is 9.97 Å². The standard InChI is InChI=1S/C13H22N4/c1-5-11-15-12(14-4)10(3)13(16-11)17-7-6-9(2)8-17/h9H,5-8H2,1-4H3,(H,14,15,16). The molecule has 94 valence electrons. The van der Waals surface area contributed by atoms with Crippen molar-refractivity contribution in [2.75, 3.05) is 30.4 Å². The SMILES string of the molecule is CCc1nc(NC)c(C)c(N2CCC(C)C2)n1. The van der Waals surface area contributed by atoms with E-state index in [4.69, 9.17) is 4.98 Å².